The maximum absolute atomic E-state index is 14.5. The second kappa shape index (κ2) is 16.6. The van der Waals surface area contributed by atoms with Gasteiger partial charge in [0.1, 0.15) is 5.75 Å². The Hall–Kier alpha value is -5.19. The van der Waals surface area contributed by atoms with Crippen molar-refractivity contribution in [1.82, 2.24) is 15.8 Å². The van der Waals surface area contributed by atoms with E-state index in [9.17, 15) is 10.3 Å². The second-order valence-electron chi connectivity index (χ2n) is 11.8. The van der Waals surface area contributed by atoms with Gasteiger partial charge in [-0.3, -0.25) is 10.2 Å². The Morgan fingerprint density at radius 3 is 2.35 bits per heavy atom. The number of carbonyl (C=O) groups is 1. The normalized spacial score (nSPS) is 16.9. The van der Waals surface area contributed by atoms with Crippen molar-refractivity contribution in [2.75, 3.05) is 40.4 Å². The number of hydrogen-bond acceptors (Lipinski definition) is 8. The highest BCUT2D eigenvalue weighted by Gasteiger charge is 2.53. The van der Waals surface area contributed by atoms with Crippen LogP contribution in [0.2, 0.25) is 0 Å². The summed E-state index contributed by atoms with van der Waals surface area (Å²) >= 11 is 0. The molecule has 11 heteroatoms. The summed E-state index contributed by atoms with van der Waals surface area (Å²) in [6.07, 6.45) is 0.632. The number of aliphatic hydroxyl groups is 1. The molecule has 1 aliphatic heterocycles. The number of hydrogen-bond donors (Lipinski definition) is 3. The van der Waals surface area contributed by atoms with E-state index in [2.05, 4.69) is 25.8 Å². The van der Waals surface area contributed by atoms with Crippen molar-refractivity contribution in [3.8, 4) is 16.9 Å². The van der Waals surface area contributed by atoms with Crippen LogP contribution in [0.15, 0.2) is 113 Å². The number of benzene rings is 4. The van der Waals surface area contributed by atoms with E-state index in [0.717, 1.165) is 29.7 Å². The topological polar surface area (TPSA) is 144 Å². The van der Waals surface area contributed by atoms with E-state index >= 15 is 0 Å². The van der Waals surface area contributed by atoms with Crippen molar-refractivity contribution in [3.63, 3.8) is 0 Å². The summed E-state index contributed by atoms with van der Waals surface area (Å²) in [4.78, 5) is 24.7. The average Bonchev–Trinajstić information content (AvgIpc) is 3.50. The van der Waals surface area contributed by atoms with Gasteiger partial charge in [-0.25, -0.2) is 10.4 Å². The minimum atomic E-state index is -1.48. The molecule has 4 aromatic rings. The van der Waals surface area contributed by atoms with Gasteiger partial charge in [0.05, 0.1) is 6.61 Å². The number of nitrogens with one attached hydrogen (secondary N) is 2. The SMILES string of the molecule is CN(C)CCCNNC(=O)[C@@]1(Cc2ccccc2N=[N+]=[N-])N=C(c2ccc(OCCCO)cc2)O[C@H]1c1ccc(-c2ccccc2)cc1. The first-order valence-electron chi connectivity index (χ1n) is 16.0. The molecule has 2 atom stereocenters. The van der Waals surface area contributed by atoms with Crippen molar-refractivity contribution in [3.05, 3.63) is 130 Å². The first-order valence-corrected chi connectivity index (χ1v) is 16.0. The Morgan fingerprint density at radius 1 is 0.958 bits per heavy atom. The van der Waals surface area contributed by atoms with E-state index in [-0.39, 0.29) is 18.9 Å². The number of hydrazine groups is 1. The van der Waals surface area contributed by atoms with E-state index in [0.29, 0.717) is 48.0 Å². The summed E-state index contributed by atoms with van der Waals surface area (Å²) in [7, 11) is 4.00. The summed E-state index contributed by atoms with van der Waals surface area (Å²) in [5.41, 5.74) is 18.5. The molecule has 0 aliphatic carbocycles. The van der Waals surface area contributed by atoms with Crippen LogP contribution in [0.5, 0.6) is 5.75 Å². The largest absolute Gasteiger partial charge is 0.494 e. The fraction of sp³-hybridized carbons (Fsp3) is 0.297. The molecular formula is C37H41N7O4. The van der Waals surface area contributed by atoms with Gasteiger partial charge in [-0.1, -0.05) is 84.0 Å². The minimum absolute atomic E-state index is 0.0495. The highest BCUT2D eigenvalue weighted by Crippen LogP contribution is 2.44. The average molecular weight is 648 g/mol. The molecule has 1 heterocycles. The van der Waals surface area contributed by atoms with Gasteiger partial charge in [-0.15, -0.1) is 0 Å². The van der Waals surface area contributed by atoms with Crippen LogP contribution in [0.4, 0.5) is 5.69 Å². The van der Waals surface area contributed by atoms with Gasteiger partial charge in [0.2, 0.25) is 5.90 Å². The molecule has 1 aliphatic rings. The molecule has 1 amide bonds. The molecule has 4 aromatic carbocycles. The van der Waals surface area contributed by atoms with E-state index in [4.69, 9.17) is 19.6 Å². The molecule has 0 spiro atoms. The number of aliphatic imine (C=N–C) groups is 1. The zero-order valence-corrected chi connectivity index (χ0v) is 27.3. The lowest BCUT2D eigenvalue weighted by Crippen LogP contribution is -2.54. The number of rotatable bonds is 16. The molecule has 0 fully saturated rings. The van der Waals surface area contributed by atoms with E-state index in [1.54, 1.807) is 12.1 Å². The summed E-state index contributed by atoms with van der Waals surface area (Å²) in [5.74, 6) is 0.574. The molecule has 0 saturated carbocycles. The predicted molar refractivity (Wildman–Crippen MR) is 187 cm³/mol. The van der Waals surface area contributed by atoms with Gasteiger partial charge >= 0.3 is 0 Å². The number of azide groups is 1. The Labute approximate surface area is 280 Å². The maximum Gasteiger partial charge on any atom is 0.266 e. The van der Waals surface area contributed by atoms with Crippen LogP contribution in [-0.2, 0) is 16.0 Å². The fourth-order valence-electron chi connectivity index (χ4n) is 5.59. The molecule has 0 bridgehead atoms. The lowest BCUT2D eigenvalue weighted by Gasteiger charge is -2.31. The number of aliphatic hydroxyl groups excluding tert-OH is 1. The van der Waals surface area contributed by atoms with Crippen LogP contribution >= 0.6 is 0 Å². The molecule has 0 aromatic heterocycles. The van der Waals surface area contributed by atoms with Crippen molar-refractivity contribution in [2.24, 2.45) is 10.1 Å². The Kier molecular flexibility index (Phi) is 11.8. The predicted octanol–water partition coefficient (Wildman–Crippen LogP) is 6.13. The van der Waals surface area contributed by atoms with Crippen molar-refractivity contribution < 1.29 is 19.4 Å². The number of carbonyl (C=O) groups excluding carboxylic acids is 1. The van der Waals surface area contributed by atoms with Gasteiger partial charge in [-0.2, -0.15) is 0 Å². The van der Waals surface area contributed by atoms with Gasteiger partial charge in [0.15, 0.2) is 11.6 Å². The standard InChI is InChI=1S/C37H41N7O4/c1-44(2)23-8-22-39-42-36(46)37(26-31-12-6-7-13-33(31)41-43-38)34(29-16-14-28(15-17-29)27-10-4-3-5-11-27)48-35(40-37)30-18-20-32(21-19-30)47-25-9-24-45/h3-7,10-21,34,39,45H,8-9,22-26H2,1-2H3,(H,42,46)/t34-,37-/m0/s1. The van der Waals surface area contributed by atoms with Gasteiger partial charge in [-0.05, 0) is 79.1 Å². The highest BCUT2D eigenvalue weighted by atomic mass is 16.5. The van der Waals surface area contributed by atoms with Crippen LogP contribution in [-0.4, -0.2) is 67.7 Å². The zero-order chi connectivity index (χ0) is 33.8. The number of nitrogens with zero attached hydrogens (tertiary/aromatic N) is 5. The Morgan fingerprint density at radius 2 is 1.65 bits per heavy atom. The first-order chi connectivity index (χ1) is 23.4. The molecule has 48 heavy (non-hydrogen) atoms. The number of amides is 1. The third kappa shape index (κ3) is 8.39. The van der Waals surface area contributed by atoms with Gasteiger partial charge in [0.25, 0.3) is 5.91 Å². The molecular weight excluding hydrogens is 606 g/mol. The summed E-state index contributed by atoms with van der Waals surface area (Å²) < 4.78 is 12.4. The van der Waals surface area contributed by atoms with Gasteiger partial charge < -0.3 is 19.5 Å². The minimum Gasteiger partial charge on any atom is -0.494 e. The van der Waals surface area contributed by atoms with Gasteiger partial charge in [0, 0.05) is 42.2 Å². The highest BCUT2D eigenvalue weighted by molar-refractivity contribution is 6.01. The smallest absolute Gasteiger partial charge is 0.266 e. The summed E-state index contributed by atoms with van der Waals surface area (Å²) in [5, 5.41) is 13.0. The molecule has 0 unspecified atom stereocenters. The van der Waals surface area contributed by atoms with Crippen LogP contribution < -0.4 is 15.6 Å². The lowest BCUT2D eigenvalue weighted by molar-refractivity contribution is -0.130. The third-order valence-corrected chi connectivity index (χ3v) is 8.06. The van der Waals surface area contributed by atoms with Crippen LogP contribution in [0.1, 0.15) is 35.6 Å². The Bertz CT molecular complexity index is 1720. The van der Waals surface area contributed by atoms with E-state index < -0.39 is 11.6 Å². The molecule has 11 nitrogen and oxygen atoms in total. The monoisotopic (exact) mass is 647 g/mol. The lowest BCUT2D eigenvalue weighted by atomic mass is 9.81. The molecule has 3 N–H and O–H groups in total. The maximum atomic E-state index is 14.5. The number of ether oxygens (including phenoxy) is 2. The summed E-state index contributed by atoms with van der Waals surface area (Å²) in [6.45, 7) is 1.85. The van der Waals surface area contributed by atoms with Crippen LogP contribution in [0.25, 0.3) is 21.6 Å². The molecule has 0 radical (unpaired) electrons. The molecule has 0 saturated heterocycles. The Balaban J connectivity index is 1.56. The van der Waals surface area contributed by atoms with E-state index in [1.165, 1.54) is 0 Å². The van der Waals surface area contributed by atoms with Crippen molar-refractivity contribution in [1.29, 1.82) is 0 Å². The molecule has 5 rings (SSSR count). The fourth-order valence-corrected chi connectivity index (χ4v) is 5.59. The van der Waals surface area contributed by atoms with Crippen LogP contribution in [0, 0.1) is 0 Å². The summed E-state index contributed by atoms with van der Waals surface area (Å²) in [6, 6.07) is 32.5. The first kappa shape index (κ1) is 34.2. The third-order valence-electron chi connectivity index (χ3n) is 8.06. The van der Waals surface area contributed by atoms with E-state index in [1.807, 2.05) is 105 Å². The second-order valence-corrected chi connectivity index (χ2v) is 11.8. The molecule has 248 valence electrons. The van der Waals surface area contributed by atoms with Crippen molar-refractivity contribution >= 4 is 17.5 Å². The quantitative estimate of drug-likeness (QED) is 0.0439. The zero-order valence-electron chi connectivity index (χ0n) is 27.3. The van der Waals surface area contributed by atoms with Crippen molar-refractivity contribution in [2.45, 2.75) is 30.9 Å². The van der Waals surface area contributed by atoms with Crippen LogP contribution in [0.3, 0.4) is 0 Å².